The number of aromatic nitrogens is 2. The molecule has 2 aliphatic heterocycles. The van der Waals surface area contributed by atoms with E-state index in [0.29, 0.717) is 17.8 Å². The van der Waals surface area contributed by atoms with Crippen LogP contribution < -0.4 is 21.3 Å². The molecule has 2 saturated heterocycles. The van der Waals surface area contributed by atoms with Gasteiger partial charge in [-0.15, -0.1) is 0 Å². The number of carbonyl (C=O) groups is 2. The summed E-state index contributed by atoms with van der Waals surface area (Å²) in [6.45, 7) is 3.24. The van der Waals surface area contributed by atoms with Crippen LogP contribution in [0.3, 0.4) is 0 Å². The number of nitrogens with one attached hydrogen (secondary N) is 2. The lowest BCUT2D eigenvalue weighted by Crippen LogP contribution is -2.29. The van der Waals surface area contributed by atoms with E-state index in [4.69, 9.17) is 5.73 Å². The van der Waals surface area contributed by atoms with Crippen LogP contribution in [0.1, 0.15) is 34.7 Å². The molecular formula is C20H26N6O2. The number of primary amides is 1. The van der Waals surface area contributed by atoms with Crippen molar-refractivity contribution in [2.24, 2.45) is 18.7 Å². The van der Waals surface area contributed by atoms with E-state index in [9.17, 15) is 9.59 Å². The number of hydrogen-bond donors (Lipinski definition) is 3. The Balaban J connectivity index is 1.59. The second-order valence-electron chi connectivity index (χ2n) is 7.60. The molecule has 2 aromatic rings. The Bertz CT molecular complexity index is 887. The first-order valence-electron chi connectivity index (χ1n) is 9.72. The second-order valence-corrected chi connectivity index (χ2v) is 7.60. The molecule has 0 aliphatic carbocycles. The van der Waals surface area contributed by atoms with Gasteiger partial charge in [0.25, 0.3) is 0 Å². The highest BCUT2D eigenvalue weighted by Gasteiger charge is 2.35. The van der Waals surface area contributed by atoms with Gasteiger partial charge in [0.2, 0.25) is 11.8 Å². The third-order valence-corrected chi connectivity index (χ3v) is 5.69. The Morgan fingerprint density at radius 3 is 2.71 bits per heavy atom. The SMILES string of the molecule is Cn1cc([C@H]2CNC[C@@H]2C(=O)Nc2cc(C(N)=O)ccc2N2CCCC2)cn1. The predicted molar refractivity (Wildman–Crippen MR) is 107 cm³/mol. The molecule has 28 heavy (non-hydrogen) atoms. The molecule has 4 rings (SSSR count). The van der Waals surface area contributed by atoms with Gasteiger partial charge in [-0.1, -0.05) is 0 Å². The van der Waals surface area contributed by atoms with Gasteiger partial charge >= 0.3 is 0 Å². The molecule has 1 aromatic heterocycles. The van der Waals surface area contributed by atoms with Crippen LogP contribution in [-0.4, -0.2) is 47.8 Å². The Kier molecular flexibility index (Phi) is 5.04. The average Bonchev–Trinajstić information content (AvgIpc) is 3.42. The zero-order chi connectivity index (χ0) is 19.7. The summed E-state index contributed by atoms with van der Waals surface area (Å²) in [6, 6.07) is 5.29. The summed E-state index contributed by atoms with van der Waals surface area (Å²) in [4.78, 5) is 27.0. The van der Waals surface area contributed by atoms with Gasteiger partial charge in [-0.3, -0.25) is 14.3 Å². The minimum atomic E-state index is -0.501. The third-order valence-electron chi connectivity index (χ3n) is 5.69. The second kappa shape index (κ2) is 7.63. The largest absolute Gasteiger partial charge is 0.370 e. The predicted octanol–water partition coefficient (Wildman–Crippen LogP) is 1.06. The summed E-state index contributed by atoms with van der Waals surface area (Å²) in [6.07, 6.45) is 6.03. The molecule has 0 spiro atoms. The molecule has 3 heterocycles. The first-order chi connectivity index (χ1) is 13.5. The van der Waals surface area contributed by atoms with Crippen molar-refractivity contribution >= 4 is 23.2 Å². The molecule has 0 unspecified atom stereocenters. The van der Waals surface area contributed by atoms with E-state index in [1.165, 1.54) is 0 Å². The highest BCUT2D eigenvalue weighted by molar-refractivity contribution is 6.00. The van der Waals surface area contributed by atoms with Crippen molar-refractivity contribution in [3.05, 3.63) is 41.7 Å². The summed E-state index contributed by atoms with van der Waals surface area (Å²) in [7, 11) is 1.87. The smallest absolute Gasteiger partial charge is 0.248 e. The Morgan fingerprint density at radius 2 is 2.04 bits per heavy atom. The molecule has 8 nitrogen and oxygen atoms in total. The van der Waals surface area contributed by atoms with Crippen molar-refractivity contribution in [3.8, 4) is 0 Å². The molecule has 0 saturated carbocycles. The molecule has 2 aliphatic rings. The number of benzene rings is 1. The van der Waals surface area contributed by atoms with Crippen molar-refractivity contribution < 1.29 is 9.59 Å². The van der Waals surface area contributed by atoms with E-state index >= 15 is 0 Å². The fraction of sp³-hybridized carbons (Fsp3) is 0.450. The molecule has 2 amide bonds. The zero-order valence-corrected chi connectivity index (χ0v) is 16.0. The van der Waals surface area contributed by atoms with Gasteiger partial charge in [0, 0.05) is 50.9 Å². The number of amides is 2. The number of anilines is 2. The molecule has 4 N–H and O–H groups in total. The maximum atomic E-state index is 13.1. The molecule has 2 atom stereocenters. The first-order valence-corrected chi connectivity index (χ1v) is 9.72. The van der Waals surface area contributed by atoms with E-state index in [1.54, 1.807) is 16.8 Å². The number of aryl methyl sites for hydroxylation is 1. The summed E-state index contributed by atoms with van der Waals surface area (Å²) in [5.74, 6) is -0.684. The van der Waals surface area contributed by atoms with Crippen molar-refractivity contribution in [2.45, 2.75) is 18.8 Å². The molecule has 2 fully saturated rings. The van der Waals surface area contributed by atoms with Crippen LogP contribution in [0.15, 0.2) is 30.6 Å². The number of nitrogens with two attached hydrogens (primary N) is 1. The molecular weight excluding hydrogens is 356 g/mol. The Labute approximate surface area is 164 Å². The van der Waals surface area contributed by atoms with Crippen molar-refractivity contribution in [1.29, 1.82) is 0 Å². The van der Waals surface area contributed by atoms with Gasteiger partial charge in [-0.05, 0) is 36.6 Å². The molecule has 0 radical (unpaired) electrons. The molecule has 1 aromatic carbocycles. The van der Waals surface area contributed by atoms with Crippen LogP contribution in [0.2, 0.25) is 0 Å². The summed E-state index contributed by atoms with van der Waals surface area (Å²) >= 11 is 0. The highest BCUT2D eigenvalue weighted by atomic mass is 16.2. The van der Waals surface area contributed by atoms with Crippen LogP contribution >= 0.6 is 0 Å². The molecule has 148 valence electrons. The quantitative estimate of drug-likeness (QED) is 0.717. The monoisotopic (exact) mass is 382 g/mol. The fourth-order valence-corrected chi connectivity index (χ4v) is 4.18. The van der Waals surface area contributed by atoms with E-state index in [1.807, 2.05) is 25.5 Å². The maximum absolute atomic E-state index is 13.1. The van der Waals surface area contributed by atoms with E-state index in [0.717, 1.165) is 43.7 Å². The van der Waals surface area contributed by atoms with Crippen LogP contribution in [-0.2, 0) is 11.8 Å². The topological polar surface area (TPSA) is 105 Å². The normalized spacial score (nSPS) is 21.8. The third kappa shape index (κ3) is 3.60. The summed E-state index contributed by atoms with van der Waals surface area (Å²) < 4.78 is 1.75. The molecule has 0 bridgehead atoms. The van der Waals surface area contributed by atoms with Crippen LogP contribution in [0.25, 0.3) is 0 Å². The van der Waals surface area contributed by atoms with E-state index in [2.05, 4.69) is 20.6 Å². The van der Waals surface area contributed by atoms with Crippen molar-refractivity contribution in [2.75, 3.05) is 36.4 Å². The zero-order valence-electron chi connectivity index (χ0n) is 16.0. The number of rotatable bonds is 5. The number of carbonyl (C=O) groups excluding carboxylic acids is 2. The minimum Gasteiger partial charge on any atom is -0.370 e. The average molecular weight is 382 g/mol. The van der Waals surface area contributed by atoms with Gasteiger partial charge in [0.15, 0.2) is 0 Å². The van der Waals surface area contributed by atoms with E-state index < -0.39 is 5.91 Å². The minimum absolute atomic E-state index is 0.0547. The van der Waals surface area contributed by atoms with Crippen LogP contribution in [0, 0.1) is 5.92 Å². The summed E-state index contributed by atoms with van der Waals surface area (Å²) in [5, 5.41) is 10.6. The highest BCUT2D eigenvalue weighted by Crippen LogP contribution is 2.33. The van der Waals surface area contributed by atoms with Gasteiger partial charge in [-0.2, -0.15) is 5.10 Å². The summed E-state index contributed by atoms with van der Waals surface area (Å²) in [5.41, 5.74) is 8.50. The van der Waals surface area contributed by atoms with Crippen molar-refractivity contribution in [3.63, 3.8) is 0 Å². The van der Waals surface area contributed by atoms with Gasteiger partial charge in [0.05, 0.1) is 23.5 Å². The lowest BCUT2D eigenvalue weighted by molar-refractivity contribution is -0.119. The van der Waals surface area contributed by atoms with Gasteiger partial charge in [-0.25, -0.2) is 0 Å². The maximum Gasteiger partial charge on any atom is 0.248 e. The lowest BCUT2D eigenvalue weighted by Gasteiger charge is -2.24. The standard InChI is InChI=1S/C20H26N6O2/c1-25-12-14(9-23-25)15-10-22-11-16(15)20(28)24-17-8-13(19(21)27)4-5-18(17)26-6-2-3-7-26/h4-5,8-9,12,15-16,22H,2-3,6-7,10-11H2,1H3,(H2,21,27)(H,24,28)/t15-,16+/m1/s1. The Morgan fingerprint density at radius 1 is 1.25 bits per heavy atom. The lowest BCUT2D eigenvalue weighted by atomic mass is 9.90. The Hall–Kier alpha value is -2.87. The number of hydrogen-bond acceptors (Lipinski definition) is 5. The van der Waals surface area contributed by atoms with Crippen LogP contribution in [0.5, 0.6) is 0 Å². The first kappa shape index (κ1) is 18.5. The number of nitrogens with zero attached hydrogens (tertiary/aromatic N) is 3. The van der Waals surface area contributed by atoms with Crippen LogP contribution in [0.4, 0.5) is 11.4 Å². The van der Waals surface area contributed by atoms with Gasteiger partial charge < -0.3 is 21.3 Å². The molecule has 8 heteroatoms. The fourth-order valence-electron chi connectivity index (χ4n) is 4.18. The van der Waals surface area contributed by atoms with Gasteiger partial charge in [0.1, 0.15) is 0 Å². The van der Waals surface area contributed by atoms with Crippen molar-refractivity contribution in [1.82, 2.24) is 15.1 Å². The van der Waals surface area contributed by atoms with E-state index in [-0.39, 0.29) is 17.7 Å².